The highest BCUT2D eigenvalue weighted by molar-refractivity contribution is 6.08. The quantitative estimate of drug-likeness (QED) is 0.899. The van der Waals surface area contributed by atoms with Gasteiger partial charge in [0.1, 0.15) is 5.82 Å². The summed E-state index contributed by atoms with van der Waals surface area (Å²) in [5.41, 5.74) is 1.93. The highest BCUT2D eigenvalue weighted by Crippen LogP contribution is 2.21. The number of anilines is 2. The molecule has 0 spiro atoms. The van der Waals surface area contributed by atoms with Crippen LogP contribution in [0.1, 0.15) is 23.0 Å². The smallest absolute Gasteiger partial charge is 0.257 e. The summed E-state index contributed by atoms with van der Waals surface area (Å²) < 4.78 is 13.7. The van der Waals surface area contributed by atoms with Crippen molar-refractivity contribution in [3.8, 4) is 0 Å². The first-order chi connectivity index (χ1) is 9.61. The van der Waals surface area contributed by atoms with E-state index in [9.17, 15) is 9.18 Å². The van der Waals surface area contributed by atoms with Gasteiger partial charge >= 0.3 is 0 Å². The monoisotopic (exact) mass is 273 g/mol. The number of aromatic nitrogens is 1. The molecule has 0 radical (unpaired) electrons. The van der Waals surface area contributed by atoms with Gasteiger partial charge in [-0.15, -0.1) is 0 Å². The van der Waals surface area contributed by atoms with Crippen molar-refractivity contribution in [3.05, 3.63) is 53.6 Å². The molecule has 0 saturated carbocycles. The minimum absolute atomic E-state index is 0.221. The third-order valence-corrected chi connectivity index (χ3v) is 2.77. The number of nitrogens with one attached hydrogen (secondary N) is 2. The molecule has 2 N–H and O–H groups in total. The highest BCUT2D eigenvalue weighted by atomic mass is 19.1. The van der Waals surface area contributed by atoms with Crippen LogP contribution < -0.4 is 10.6 Å². The molecule has 0 saturated heterocycles. The Hall–Kier alpha value is -2.43. The fourth-order valence-electron chi connectivity index (χ4n) is 1.89. The summed E-state index contributed by atoms with van der Waals surface area (Å²) in [5, 5.41) is 5.61. The van der Waals surface area contributed by atoms with E-state index in [-0.39, 0.29) is 17.2 Å². The lowest BCUT2D eigenvalue weighted by Gasteiger charge is -2.12. The molecule has 1 amide bonds. The topological polar surface area (TPSA) is 54.0 Å². The van der Waals surface area contributed by atoms with Crippen LogP contribution in [-0.4, -0.2) is 17.4 Å². The second-order valence-corrected chi connectivity index (χ2v) is 4.33. The lowest BCUT2D eigenvalue weighted by atomic mass is 10.1. The third-order valence-electron chi connectivity index (χ3n) is 2.77. The van der Waals surface area contributed by atoms with Crippen molar-refractivity contribution < 1.29 is 9.18 Å². The third kappa shape index (κ3) is 3.12. The number of hydrogen-bond acceptors (Lipinski definition) is 3. The molecule has 0 aliphatic carbocycles. The molecule has 5 heteroatoms. The number of amides is 1. The zero-order valence-electron chi connectivity index (χ0n) is 11.4. The predicted molar refractivity (Wildman–Crippen MR) is 77.5 cm³/mol. The zero-order chi connectivity index (χ0) is 14.5. The summed E-state index contributed by atoms with van der Waals surface area (Å²) in [6.07, 6.45) is 1.61. The molecular weight excluding hydrogens is 257 g/mol. The first-order valence-corrected chi connectivity index (χ1v) is 6.38. The van der Waals surface area contributed by atoms with E-state index in [1.807, 2.05) is 13.8 Å². The van der Waals surface area contributed by atoms with E-state index in [1.165, 1.54) is 12.1 Å². The van der Waals surface area contributed by atoms with Crippen LogP contribution in [0.25, 0.3) is 0 Å². The Labute approximate surface area is 117 Å². The van der Waals surface area contributed by atoms with Gasteiger partial charge in [-0.1, -0.05) is 6.07 Å². The summed E-state index contributed by atoms with van der Waals surface area (Å²) in [6, 6.07) is 7.87. The summed E-state index contributed by atoms with van der Waals surface area (Å²) in [7, 11) is 0. The van der Waals surface area contributed by atoms with Crippen molar-refractivity contribution in [1.82, 2.24) is 4.98 Å². The molecule has 2 rings (SSSR count). The molecule has 0 aliphatic rings. The lowest BCUT2D eigenvalue weighted by Crippen LogP contribution is -2.16. The Morgan fingerprint density at radius 1 is 1.35 bits per heavy atom. The van der Waals surface area contributed by atoms with Crippen LogP contribution in [0.3, 0.4) is 0 Å². The number of carbonyl (C=O) groups excluding carboxylic acids is 1. The van der Waals surface area contributed by atoms with E-state index in [0.717, 1.165) is 5.69 Å². The van der Waals surface area contributed by atoms with Crippen molar-refractivity contribution in [3.63, 3.8) is 0 Å². The summed E-state index contributed by atoms with van der Waals surface area (Å²) >= 11 is 0. The van der Waals surface area contributed by atoms with Crippen LogP contribution in [0.15, 0.2) is 36.5 Å². The van der Waals surface area contributed by atoms with Crippen molar-refractivity contribution >= 4 is 17.3 Å². The highest BCUT2D eigenvalue weighted by Gasteiger charge is 2.14. The molecule has 0 unspecified atom stereocenters. The molecule has 0 bridgehead atoms. The predicted octanol–water partition coefficient (Wildman–Crippen LogP) is 3.21. The largest absolute Gasteiger partial charge is 0.382 e. The fourth-order valence-corrected chi connectivity index (χ4v) is 1.89. The number of benzene rings is 1. The van der Waals surface area contributed by atoms with Crippen molar-refractivity contribution in [2.24, 2.45) is 0 Å². The summed E-state index contributed by atoms with van der Waals surface area (Å²) in [6.45, 7) is 4.22. The average molecular weight is 273 g/mol. The number of nitrogens with zero attached hydrogens (tertiary/aromatic N) is 1. The SMILES string of the molecule is CCNc1c(F)cccc1C(=O)Nc1ccnc(C)c1. The van der Waals surface area contributed by atoms with Gasteiger partial charge in [0, 0.05) is 24.1 Å². The Kier molecular flexibility index (Phi) is 4.30. The van der Waals surface area contributed by atoms with Gasteiger partial charge in [0.2, 0.25) is 0 Å². The molecule has 4 nitrogen and oxygen atoms in total. The molecule has 1 heterocycles. The van der Waals surface area contributed by atoms with E-state index in [2.05, 4.69) is 15.6 Å². The second kappa shape index (κ2) is 6.14. The molecule has 2 aromatic rings. The van der Waals surface area contributed by atoms with Gasteiger partial charge in [0.15, 0.2) is 0 Å². The van der Waals surface area contributed by atoms with Crippen LogP contribution in [0.4, 0.5) is 15.8 Å². The van der Waals surface area contributed by atoms with E-state index in [1.54, 1.807) is 24.4 Å². The van der Waals surface area contributed by atoms with Crippen LogP contribution in [0.5, 0.6) is 0 Å². The minimum Gasteiger partial charge on any atom is -0.382 e. The maximum absolute atomic E-state index is 13.7. The van der Waals surface area contributed by atoms with E-state index >= 15 is 0 Å². The Balaban J connectivity index is 2.27. The number of rotatable bonds is 4. The Bertz CT molecular complexity index is 628. The lowest BCUT2D eigenvalue weighted by molar-refractivity contribution is 0.102. The van der Waals surface area contributed by atoms with Gasteiger partial charge in [-0.25, -0.2) is 4.39 Å². The number of para-hydroxylation sites is 1. The fraction of sp³-hybridized carbons (Fsp3) is 0.200. The number of halogens is 1. The van der Waals surface area contributed by atoms with Gasteiger partial charge in [-0.2, -0.15) is 0 Å². The van der Waals surface area contributed by atoms with Crippen LogP contribution >= 0.6 is 0 Å². The summed E-state index contributed by atoms with van der Waals surface area (Å²) in [4.78, 5) is 16.3. The standard InChI is InChI=1S/C15H16FN3O/c1-3-17-14-12(5-4-6-13(14)16)15(20)19-11-7-8-18-10(2)9-11/h4-9,17H,3H2,1-2H3,(H,18,19,20). The van der Waals surface area contributed by atoms with Crippen LogP contribution in [0.2, 0.25) is 0 Å². The first kappa shape index (κ1) is 14.0. The van der Waals surface area contributed by atoms with E-state index in [4.69, 9.17) is 0 Å². The van der Waals surface area contributed by atoms with Gasteiger partial charge in [-0.3, -0.25) is 9.78 Å². The van der Waals surface area contributed by atoms with Crippen molar-refractivity contribution in [2.75, 3.05) is 17.2 Å². The van der Waals surface area contributed by atoms with Gasteiger partial charge < -0.3 is 10.6 Å². The Morgan fingerprint density at radius 3 is 2.85 bits per heavy atom. The number of carbonyl (C=O) groups is 1. The second-order valence-electron chi connectivity index (χ2n) is 4.33. The van der Waals surface area contributed by atoms with Gasteiger partial charge in [-0.05, 0) is 38.1 Å². The van der Waals surface area contributed by atoms with E-state index in [0.29, 0.717) is 12.2 Å². The van der Waals surface area contributed by atoms with Gasteiger partial charge in [0.25, 0.3) is 5.91 Å². The normalized spacial score (nSPS) is 10.2. The molecule has 1 aromatic heterocycles. The van der Waals surface area contributed by atoms with Crippen molar-refractivity contribution in [1.29, 1.82) is 0 Å². The minimum atomic E-state index is -0.439. The molecular formula is C15H16FN3O. The molecule has 20 heavy (non-hydrogen) atoms. The molecule has 0 aliphatic heterocycles. The summed E-state index contributed by atoms with van der Waals surface area (Å²) in [5.74, 6) is -0.795. The average Bonchev–Trinajstić information content (AvgIpc) is 2.41. The first-order valence-electron chi connectivity index (χ1n) is 6.38. The van der Waals surface area contributed by atoms with Crippen molar-refractivity contribution in [2.45, 2.75) is 13.8 Å². The maximum atomic E-state index is 13.7. The van der Waals surface area contributed by atoms with E-state index < -0.39 is 5.82 Å². The molecule has 1 aromatic carbocycles. The zero-order valence-corrected chi connectivity index (χ0v) is 11.4. The molecule has 0 atom stereocenters. The maximum Gasteiger partial charge on any atom is 0.257 e. The van der Waals surface area contributed by atoms with Gasteiger partial charge in [0.05, 0.1) is 11.3 Å². The molecule has 104 valence electrons. The van der Waals surface area contributed by atoms with Crippen LogP contribution in [0, 0.1) is 12.7 Å². The molecule has 0 fully saturated rings. The number of hydrogen-bond donors (Lipinski definition) is 2. The number of pyridine rings is 1. The van der Waals surface area contributed by atoms with Crippen LogP contribution in [-0.2, 0) is 0 Å². The Morgan fingerprint density at radius 2 is 2.15 bits per heavy atom. The number of aryl methyl sites for hydroxylation is 1.